The van der Waals surface area contributed by atoms with E-state index in [1.807, 2.05) is 0 Å². The van der Waals surface area contributed by atoms with Gasteiger partial charge in [0.2, 0.25) is 0 Å². The largest absolute Gasteiger partial charge is 0.416 e. The summed E-state index contributed by atoms with van der Waals surface area (Å²) in [6, 6.07) is 6.88. The Kier molecular flexibility index (Phi) is 5.49. The van der Waals surface area contributed by atoms with Gasteiger partial charge in [-0.05, 0) is 24.3 Å². The highest BCUT2D eigenvalue weighted by molar-refractivity contribution is 5.97. The van der Waals surface area contributed by atoms with Gasteiger partial charge in [-0.3, -0.25) is 9.78 Å². The number of carbonyl (C=O) groups excluding carboxylic acids is 1. The molecule has 1 aliphatic heterocycles. The van der Waals surface area contributed by atoms with Crippen molar-refractivity contribution in [2.45, 2.75) is 18.4 Å². The molecule has 0 saturated carbocycles. The standard InChI is InChI=1S/C21H16F5N5O/c1-11(22)20(32)31-9-15(23)16(10-31)28-19-18-14(3-2-8-27-18)17(29-30-19)12-4-6-13(7-5-12)21(24,25)26/h2-8,15-16H,1,9-10H2,(H,28,30)/t15-,16+/m0/s1. The molecule has 1 fully saturated rings. The van der Waals surface area contributed by atoms with Crippen LogP contribution in [0.1, 0.15) is 5.56 Å². The molecule has 2 atom stereocenters. The highest BCUT2D eigenvalue weighted by Gasteiger charge is 2.37. The summed E-state index contributed by atoms with van der Waals surface area (Å²) in [5.41, 5.74) is 0.239. The van der Waals surface area contributed by atoms with Crippen molar-refractivity contribution < 1.29 is 26.7 Å². The fourth-order valence-electron chi connectivity index (χ4n) is 3.53. The molecule has 4 rings (SSSR count). The van der Waals surface area contributed by atoms with Crippen LogP contribution < -0.4 is 5.32 Å². The summed E-state index contributed by atoms with van der Waals surface area (Å²) in [5, 5.41) is 11.5. The Morgan fingerprint density at radius 1 is 1.12 bits per heavy atom. The van der Waals surface area contributed by atoms with E-state index in [2.05, 4.69) is 27.1 Å². The third-order valence-corrected chi connectivity index (χ3v) is 5.11. The normalized spacial score (nSPS) is 18.7. The van der Waals surface area contributed by atoms with Crippen LogP contribution in [0.4, 0.5) is 27.8 Å². The van der Waals surface area contributed by atoms with Gasteiger partial charge in [0.25, 0.3) is 5.91 Å². The van der Waals surface area contributed by atoms with Crippen LogP contribution in [0.3, 0.4) is 0 Å². The van der Waals surface area contributed by atoms with Crippen molar-refractivity contribution in [3.63, 3.8) is 0 Å². The number of aromatic nitrogens is 3. The number of likely N-dealkylation sites (tertiary alicyclic amines) is 1. The van der Waals surface area contributed by atoms with Gasteiger partial charge in [-0.1, -0.05) is 18.7 Å². The second kappa shape index (κ2) is 8.13. The first kappa shape index (κ1) is 21.6. The Hall–Kier alpha value is -3.63. The minimum atomic E-state index is -4.46. The second-order valence-corrected chi connectivity index (χ2v) is 7.25. The number of fused-ring (bicyclic) bond motifs is 1. The minimum absolute atomic E-state index is 0.112. The second-order valence-electron chi connectivity index (χ2n) is 7.25. The molecule has 6 nitrogen and oxygen atoms in total. The lowest BCUT2D eigenvalue weighted by Gasteiger charge is -2.17. The number of halogens is 5. The van der Waals surface area contributed by atoms with E-state index in [-0.39, 0.29) is 18.9 Å². The predicted octanol–water partition coefficient (Wildman–Crippen LogP) is 4.15. The van der Waals surface area contributed by atoms with Crippen LogP contribution in [0.2, 0.25) is 0 Å². The molecule has 1 saturated heterocycles. The zero-order chi connectivity index (χ0) is 23.0. The summed E-state index contributed by atoms with van der Waals surface area (Å²) in [5.74, 6) is -2.02. The maximum Gasteiger partial charge on any atom is 0.416 e. The van der Waals surface area contributed by atoms with Gasteiger partial charge in [0.05, 0.1) is 18.2 Å². The van der Waals surface area contributed by atoms with Crippen LogP contribution in [-0.2, 0) is 11.0 Å². The van der Waals surface area contributed by atoms with E-state index in [9.17, 15) is 26.7 Å². The first-order chi connectivity index (χ1) is 15.1. The van der Waals surface area contributed by atoms with Crippen molar-refractivity contribution in [3.8, 4) is 11.3 Å². The number of nitrogens with zero attached hydrogens (tertiary/aromatic N) is 4. The molecular weight excluding hydrogens is 433 g/mol. The average Bonchev–Trinajstić information content (AvgIpc) is 3.13. The molecule has 3 heterocycles. The van der Waals surface area contributed by atoms with Gasteiger partial charge >= 0.3 is 6.18 Å². The summed E-state index contributed by atoms with van der Waals surface area (Å²) in [7, 11) is 0. The Balaban J connectivity index is 1.65. The molecule has 3 aromatic rings. The lowest BCUT2D eigenvalue weighted by Crippen LogP contribution is -2.32. The van der Waals surface area contributed by atoms with E-state index in [0.29, 0.717) is 22.2 Å². The number of benzene rings is 1. The molecule has 0 radical (unpaired) electrons. The number of pyridine rings is 1. The van der Waals surface area contributed by atoms with Crippen molar-refractivity contribution in [2.75, 3.05) is 18.4 Å². The van der Waals surface area contributed by atoms with Crippen molar-refractivity contribution in [2.24, 2.45) is 0 Å². The molecule has 1 amide bonds. The number of hydrogen-bond donors (Lipinski definition) is 1. The maximum absolute atomic E-state index is 14.5. The number of rotatable bonds is 4. The molecule has 0 unspecified atom stereocenters. The number of anilines is 1. The molecule has 1 aromatic carbocycles. The lowest BCUT2D eigenvalue weighted by atomic mass is 10.0. The molecule has 0 bridgehead atoms. The van der Waals surface area contributed by atoms with Crippen molar-refractivity contribution in [1.29, 1.82) is 0 Å². The summed E-state index contributed by atoms with van der Waals surface area (Å²) >= 11 is 0. The quantitative estimate of drug-likeness (QED) is 0.479. The summed E-state index contributed by atoms with van der Waals surface area (Å²) < 4.78 is 66.1. The van der Waals surface area contributed by atoms with Gasteiger partial charge in [-0.2, -0.15) is 13.2 Å². The van der Waals surface area contributed by atoms with Gasteiger partial charge in [0.1, 0.15) is 17.4 Å². The smallest absolute Gasteiger partial charge is 0.359 e. The molecule has 0 spiro atoms. The molecule has 32 heavy (non-hydrogen) atoms. The number of hydrogen-bond acceptors (Lipinski definition) is 5. The van der Waals surface area contributed by atoms with Crippen LogP contribution in [0, 0.1) is 0 Å². The van der Waals surface area contributed by atoms with Crippen molar-refractivity contribution >= 4 is 22.6 Å². The van der Waals surface area contributed by atoms with Gasteiger partial charge < -0.3 is 10.2 Å². The summed E-state index contributed by atoms with van der Waals surface area (Å²) in [6.45, 7) is 2.52. The fourth-order valence-corrected chi connectivity index (χ4v) is 3.53. The van der Waals surface area contributed by atoms with Gasteiger partial charge in [-0.15, -0.1) is 10.2 Å². The highest BCUT2D eigenvalue weighted by Crippen LogP contribution is 2.33. The number of alkyl halides is 4. The Bertz CT molecular complexity index is 1180. The third kappa shape index (κ3) is 4.10. The zero-order valence-electron chi connectivity index (χ0n) is 16.4. The fraction of sp³-hybridized carbons (Fsp3) is 0.238. The average molecular weight is 449 g/mol. The van der Waals surface area contributed by atoms with E-state index in [0.717, 1.165) is 17.0 Å². The molecule has 2 aromatic heterocycles. The Morgan fingerprint density at radius 3 is 2.50 bits per heavy atom. The molecule has 1 aliphatic rings. The van der Waals surface area contributed by atoms with Crippen LogP contribution in [0.15, 0.2) is 55.0 Å². The third-order valence-electron chi connectivity index (χ3n) is 5.11. The predicted molar refractivity (Wildman–Crippen MR) is 107 cm³/mol. The molecule has 1 N–H and O–H groups in total. The Labute approximate surface area is 178 Å². The topological polar surface area (TPSA) is 71.0 Å². The minimum Gasteiger partial charge on any atom is -0.359 e. The lowest BCUT2D eigenvalue weighted by molar-refractivity contribution is -0.137. The van der Waals surface area contributed by atoms with E-state index >= 15 is 0 Å². The SMILES string of the molecule is C=C(F)C(=O)N1C[C@H](F)[C@H](Nc2nnc(-c3ccc(C(F)(F)F)cc3)c3cccnc23)C1. The Morgan fingerprint density at radius 2 is 1.84 bits per heavy atom. The first-order valence-electron chi connectivity index (χ1n) is 9.48. The van der Waals surface area contributed by atoms with Gasteiger partial charge in [-0.25, -0.2) is 8.78 Å². The van der Waals surface area contributed by atoms with Crippen LogP contribution >= 0.6 is 0 Å². The van der Waals surface area contributed by atoms with E-state index in [1.54, 1.807) is 12.1 Å². The zero-order valence-corrected chi connectivity index (χ0v) is 16.4. The van der Waals surface area contributed by atoms with Gasteiger partial charge in [0.15, 0.2) is 11.6 Å². The van der Waals surface area contributed by atoms with Crippen LogP contribution in [-0.4, -0.2) is 51.3 Å². The first-order valence-corrected chi connectivity index (χ1v) is 9.48. The van der Waals surface area contributed by atoms with Crippen LogP contribution in [0.5, 0.6) is 0 Å². The molecule has 0 aliphatic carbocycles. The summed E-state index contributed by atoms with van der Waals surface area (Å²) in [6.07, 6.45) is -4.47. The monoisotopic (exact) mass is 449 g/mol. The maximum atomic E-state index is 14.5. The molecule has 166 valence electrons. The van der Waals surface area contributed by atoms with E-state index in [1.165, 1.54) is 18.3 Å². The number of carbonyl (C=O) groups is 1. The van der Waals surface area contributed by atoms with Gasteiger partial charge in [0, 0.05) is 23.7 Å². The van der Waals surface area contributed by atoms with Crippen LogP contribution in [0.25, 0.3) is 22.2 Å². The van der Waals surface area contributed by atoms with E-state index < -0.39 is 35.7 Å². The highest BCUT2D eigenvalue weighted by atomic mass is 19.4. The summed E-state index contributed by atoms with van der Waals surface area (Å²) in [4.78, 5) is 17.0. The molecular formula is C21H16F5N5O. The number of amides is 1. The molecule has 11 heteroatoms. The number of nitrogens with one attached hydrogen (secondary N) is 1. The van der Waals surface area contributed by atoms with Crippen molar-refractivity contribution in [1.82, 2.24) is 20.1 Å². The van der Waals surface area contributed by atoms with Crippen molar-refractivity contribution in [3.05, 3.63) is 60.6 Å². The van der Waals surface area contributed by atoms with E-state index in [4.69, 9.17) is 0 Å².